The molecule has 1 fully saturated rings. The lowest BCUT2D eigenvalue weighted by Gasteiger charge is -2.49. The van der Waals surface area contributed by atoms with Crippen LogP contribution in [0.2, 0.25) is 0 Å². The fourth-order valence-electron chi connectivity index (χ4n) is 4.08. The maximum Gasteiger partial charge on any atom is 0.119 e. The molecule has 0 radical (unpaired) electrons. The number of anilines is 1. The largest absolute Gasteiger partial charge is 0.491 e. The van der Waals surface area contributed by atoms with Crippen molar-refractivity contribution in [3.63, 3.8) is 0 Å². The van der Waals surface area contributed by atoms with Gasteiger partial charge in [0.1, 0.15) is 5.75 Å². The summed E-state index contributed by atoms with van der Waals surface area (Å²) >= 11 is 0. The summed E-state index contributed by atoms with van der Waals surface area (Å²) in [6.45, 7) is 16.1. The zero-order valence-electron chi connectivity index (χ0n) is 15.3. The Morgan fingerprint density at radius 2 is 1.64 bits per heavy atom. The summed E-state index contributed by atoms with van der Waals surface area (Å²) in [6.07, 6.45) is 1.50. The zero-order chi connectivity index (χ0) is 16.5. The van der Waals surface area contributed by atoms with Crippen LogP contribution in [0.15, 0.2) is 24.3 Å². The summed E-state index contributed by atoms with van der Waals surface area (Å²) in [4.78, 5) is 0. The minimum absolute atomic E-state index is 0.221. The molecule has 1 N–H and O–H groups in total. The number of benzene rings is 1. The summed E-state index contributed by atoms with van der Waals surface area (Å²) < 4.78 is 5.72. The van der Waals surface area contributed by atoms with Crippen LogP contribution >= 0.6 is 0 Å². The zero-order valence-corrected chi connectivity index (χ0v) is 15.3. The standard InChI is InChI=1S/C20H33NO/c1-13(2)22-18-10-8-17(9-11-18)21-19-16(5)15(4)14(3)12-20(19,6)7/h8-11,13-16,19,21H,12H2,1-7H3/t14?,15?,16-,19-/m1/s1. The second-order valence-electron chi connectivity index (χ2n) is 8.20. The smallest absolute Gasteiger partial charge is 0.119 e. The quantitative estimate of drug-likeness (QED) is 0.782. The van der Waals surface area contributed by atoms with Gasteiger partial charge in [-0.15, -0.1) is 0 Å². The van der Waals surface area contributed by atoms with Crippen LogP contribution in [0.5, 0.6) is 5.75 Å². The van der Waals surface area contributed by atoms with Gasteiger partial charge >= 0.3 is 0 Å². The molecule has 1 aliphatic rings. The molecule has 0 amide bonds. The van der Waals surface area contributed by atoms with Crippen molar-refractivity contribution in [1.82, 2.24) is 0 Å². The van der Waals surface area contributed by atoms with E-state index in [1.807, 2.05) is 0 Å². The van der Waals surface area contributed by atoms with Crippen LogP contribution in [0.1, 0.15) is 54.9 Å². The third kappa shape index (κ3) is 3.77. The molecule has 0 aliphatic heterocycles. The van der Waals surface area contributed by atoms with Crippen molar-refractivity contribution in [3.8, 4) is 5.75 Å². The summed E-state index contributed by atoms with van der Waals surface area (Å²) in [6, 6.07) is 8.92. The molecule has 0 aromatic heterocycles. The number of nitrogens with one attached hydrogen (secondary N) is 1. The van der Waals surface area contributed by atoms with E-state index in [0.29, 0.717) is 17.4 Å². The van der Waals surface area contributed by atoms with Crippen LogP contribution in [0, 0.1) is 23.2 Å². The average Bonchev–Trinajstić information content (AvgIpc) is 2.42. The molecule has 0 bridgehead atoms. The van der Waals surface area contributed by atoms with Crippen LogP contribution in [-0.4, -0.2) is 12.1 Å². The summed E-state index contributed by atoms with van der Waals surface area (Å²) in [5.74, 6) is 3.17. The van der Waals surface area contributed by atoms with Gasteiger partial charge in [0.25, 0.3) is 0 Å². The first-order valence-electron chi connectivity index (χ1n) is 8.74. The highest BCUT2D eigenvalue weighted by atomic mass is 16.5. The molecule has 1 saturated carbocycles. The van der Waals surface area contributed by atoms with Crippen molar-refractivity contribution < 1.29 is 4.74 Å². The van der Waals surface area contributed by atoms with E-state index in [9.17, 15) is 0 Å². The lowest BCUT2D eigenvalue weighted by Crippen LogP contribution is -2.50. The first-order valence-corrected chi connectivity index (χ1v) is 8.74. The van der Waals surface area contributed by atoms with E-state index in [2.05, 4.69) is 78.0 Å². The lowest BCUT2D eigenvalue weighted by molar-refractivity contribution is 0.0666. The molecule has 2 heteroatoms. The monoisotopic (exact) mass is 303 g/mol. The molecular formula is C20H33NO. The van der Waals surface area contributed by atoms with Gasteiger partial charge in [-0.3, -0.25) is 0 Å². The van der Waals surface area contributed by atoms with E-state index in [4.69, 9.17) is 4.74 Å². The minimum atomic E-state index is 0.221. The highest BCUT2D eigenvalue weighted by Crippen LogP contribution is 2.46. The Balaban J connectivity index is 2.11. The third-order valence-corrected chi connectivity index (χ3v) is 5.49. The van der Waals surface area contributed by atoms with Crippen molar-refractivity contribution >= 4 is 5.69 Å². The predicted octanol–water partition coefficient (Wildman–Crippen LogP) is 5.59. The Morgan fingerprint density at radius 1 is 1.05 bits per heavy atom. The Kier molecular flexibility index (Phi) is 5.09. The van der Waals surface area contributed by atoms with E-state index in [1.54, 1.807) is 0 Å². The molecule has 4 atom stereocenters. The minimum Gasteiger partial charge on any atom is -0.491 e. The van der Waals surface area contributed by atoms with Gasteiger partial charge in [-0.05, 0) is 67.7 Å². The molecular weight excluding hydrogens is 270 g/mol. The maximum absolute atomic E-state index is 5.72. The Morgan fingerprint density at radius 3 is 2.18 bits per heavy atom. The summed E-state index contributed by atoms with van der Waals surface area (Å²) in [5.41, 5.74) is 1.51. The summed E-state index contributed by atoms with van der Waals surface area (Å²) in [5, 5.41) is 3.80. The molecule has 2 nitrogen and oxygen atoms in total. The molecule has 2 unspecified atom stereocenters. The van der Waals surface area contributed by atoms with Crippen molar-refractivity contribution in [2.75, 3.05) is 5.32 Å². The fourth-order valence-corrected chi connectivity index (χ4v) is 4.08. The molecule has 124 valence electrons. The first-order chi connectivity index (χ1) is 10.2. The second-order valence-corrected chi connectivity index (χ2v) is 8.20. The van der Waals surface area contributed by atoms with Crippen molar-refractivity contribution in [2.45, 2.75) is 67.0 Å². The van der Waals surface area contributed by atoms with E-state index < -0.39 is 0 Å². The molecule has 0 saturated heterocycles. The summed E-state index contributed by atoms with van der Waals surface area (Å²) in [7, 11) is 0. The lowest BCUT2D eigenvalue weighted by atomic mass is 9.60. The third-order valence-electron chi connectivity index (χ3n) is 5.49. The van der Waals surface area contributed by atoms with Gasteiger partial charge < -0.3 is 10.1 Å². The van der Waals surface area contributed by atoms with Gasteiger partial charge in [-0.2, -0.15) is 0 Å². The Hall–Kier alpha value is -1.18. The number of ether oxygens (including phenoxy) is 1. The van der Waals surface area contributed by atoms with Gasteiger partial charge in [0.15, 0.2) is 0 Å². The Bertz CT molecular complexity index is 477. The topological polar surface area (TPSA) is 21.3 Å². The molecule has 0 spiro atoms. The number of rotatable bonds is 4. The average molecular weight is 303 g/mol. The maximum atomic E-state index is 5.72. The molecule has 1 aromatic rings. The van der Waals surface area contributed by atoms with Crippen molar-refractivity contribution in [1.29, 1.82) is 0 Å². The number of hydrogen-bond donors (Lipinski definition) is 1. The highest BCUT2D eigenvalue weighted by molar-refractivity contribution is 5.47. The van der Waals surface area contributed by atoms with Gasteiger partial charge in [-0.25, -0.2) is 0 Å². The van der Waals surface area contributed by atoms with Crippen LogP contribution in [0.25, 0.3) is 0 Å². The van der Waals surface area contributed by atoms with Crippen LogP contribution in [-0.2, 0) is 0 Å². The number of hydrogen-bond acceptors (Lipinski definition) is 2. The molecule has 2 rings (SSSR count). The van der Waals surface area contributed by atoms with Gasteiger partial charge in [0.2, 0.25) is 0 Å². The highest BCUT2D eigenvalue weighted by Gasteiger charge is 2.43. The van der Waals surface area contributed by atoms with Gasteiger partial charge in [0, 0.05) is 11.7 Å². The van der Waals surface area contributed by atoms with E-state index in [0.717, 1.165) is 17.6 Å². The van der Waals surface area contributed by atoms with E-state index in [1.165, 1.54) is 12.1 Å². The SMILES string of the molecule is CC(C)Oc1ccc(N[C@@H]2[C@H](C)C(C)C(C)CC2(C)C)cc1. The van der Waals surface area contributed by atoms with Gasteiger partial charge in [-0.1, -0.05) is 34.6 Å². The van der Waals surface area contributed by atoms with E-state index >= 15 is 0 Å². The van der Waals surface area contributed by atoms with E-state index in [-0.39, 0.29) is 6.10 Å². The Labute approximate surface area is 136 Å². The van der Waals surface area contributed by atoms with Crippen LogP contribution < -0.4 is 10.1 Å². The van der Waals surface area contributed by atoms with Crippen molar-refractivity contribution in [3.05, 3.63) is 24.3 Å². The second kappa shape index (κ2) is 6.52. The van der Waals surface area contributed by atoms with Crippen LogP contribution in [0.3, 0.4) is 0 Å². The normalized spacial score (nSPS) is 31.1. The molecule has 1 aromatic carbocycles. The van der Waals surface area contributed by atoms with Crippen LogP contribution in [0.4, 0.5) is 5.69 Å². The molecule has 0 heterocycles. The van der Waals surface area contributed by atoms with Crippen molar-refractivity contribution in [2.24, 2.45) is 23.2 Å². The van der Waals surface area contributed by atoms with Gasteiger partial charge in [0.05, 0.1) is 6.10 Å². The first kappa shape index (κ1) is 17.2. The molecule has 22 heavy (non-hydrogen) atoms. The molecule has 1 aliphatic carbocycles. The predicted molar refractivity (Wildman–Crippen MR) is 95.5 cm³/mol. The fraction of sp³-hybridized carbons (Fsp3) is 0.700.